The van der Waals surface area contributed by atoms with Crippen LogP contribution in [0.1, 0.15) is 61.9 Å². The number of hydrogen-bond donors (Lipinski definition) is 2. The van der Waals surface area contributed by atoms with Crippen LogP contribution in [0, 0.1) is 33.8 Å². The van der Waals surface area contributed by atoms with E-state index in [-0.39, 0.29) is 75.6 Å². The predicted octanol–water partition coefficient (Wildman–Crippen LogP) is 7.87. The van der Waals surface area contributed by atoms with E-state index in [1.54, 1.807) is 11.8 Å². The summed E-state index contributed by atoms with van der Waals surface area (Å²) >= 11 is 0.658. The molecule has 1 spiro atoms. The monoisotopic (exact) mass is 813 g/mol. The number of rotatable bonds is 8. The van der Waals surface area contributed by atoms with Crippen molar-refractivity contribution in [3.63, 3.8) is 0 Å². The molecule has 2 aliphatic carbocycles. The summed E-state index contributed by atoms with van der Waals surface area (Å²) in [5.74, 6) is -5.76. The van der Waals surface area contributed by atoms with Gasteiger partial charge in [-0.25, -0.2) is 22.5 Å². The second-order valence-electron chi connectivity index (χ2n) is 15.5. The Hall–Kier alpha value is -5.22. The number of alkyl halides is 5. The summed E-state index contributed by atoms with van der Waals surface area (Å²) in [6.07, 6.45) is -0.211. The van der Waals surface area contributed by atoms with Crippen molar-refractivity contribution < 1.29 is 40.2 Å². The lowest BCUT2D eigenvalue weighted by Gasteiger charge is -2.34. The molecule has 57 heavy (non-hydrogen) atoms. The van der Waals surface area contributed by atoms with E-state index in [0.717, 1.165) is 25.0 Å². The third-order valence-electron chi connectivity index (χ3n) is 12.0. The van der Waals surface area contributed by atoms with Gasteiger partial charge in [0.2, 0.25) is 0 Å². The number of piperidine rings is 1. The van der Waals surface area contributed by atoms with Crippen LogP contribution in [0.2, 0.25) is 0 Å². The highest BCUT2D eigenvalue weighted by atomic mass is 32.1. The van der Waals surface area contributed by atoms with Crippen LogP contribution in [-0.4, -0.2) is 70.2 Å². The highest BCUT2D eigenvalue weighted by Crippen LogP contribution is 2.66. The molecule has 4 N–H and O–H groups in total. The number of nitrogens with zero attached hydrogens (tertiary/aromatic N) is 7. The molecule has 11 nitrogen and oxygen atoms in total. The van der Waals surface area contributed by atoms with Crippen molar-refractivity contribution in [2.45, 2.75) is 57.2 Å². The van der Waals surface area contributed by atoms with Crippen LogP contribution >= 0.6 is 11.3 Å². The number of nitrogens with two attached hydrogens (primary N) is 2. The van der Waals surface area contributed by atoms with Crippen LogP contribution < -0.4 is 25.8 Å². The molecule has 0 amide bonds. The lowest BCUT2D eigenvalue weighted by Crippen LogP contribution is -2.41. The molecule has 3 aromatic heterocycles. The van der Waals surface area contributed by atoms with Crippen LogP contribution in [0.25, 0.3) is 32.1 Å². The molecule has 2 aromatic carbocycles. The number of nitriles is 1. The van der Waals surface area contributed by atoms with Crippen molar-refractivity contribution in [2.75, 3.05) is 55.8 Å². The number of benzene rings is 2. The van der Waals surface area contributed by atoms with E-state index in [9.17, 15) is 14.0 Å². The fourth-order valence-corrected chi connectivity index (χ4v) is 9.50. The van der Waals surface area contributed by atoms with Crippen LogP contribution in [0.15, 0.2) is 24.5 Å². The summed E-state index contributed by atoms with van der Waals surface area (Å²) in [5, 5.41) is 9.12. The Labute approximate surface area is 324 Å². The van der Waals surface area contributed by atoms with Crippen molar-refractivity contribution >= 4 is 49.0 Å². The zero-order valence-electron chi connectivity index (χ0n) is 30.3. The van der Waals surface area contributed by atoms with E-state index in [4.69, 9.17) is 20.9 Å². The maximum atomic E-state index is 17.5. The van der Waals surface area contributed by atoms with Crippen molar-refractivity contribution in [2.24, 2.45) is 10.8 Å². The van der Waals surface area contributed by atoms with Gasteiger partial charge < -0.3 is 30.7 Å². The van der Waals surface area contributed by atoms with E-state index >= 15 is 22.0 Å². The summed E-state index contributed by atoms with van der Waals surface area (Å²) in [5.41, 5.74) is 7.36. The number of hydrogen-bond acceptors (Lipinski definition) is 12. The Kier molecular flexibility index (Phi) is 8.45. The summed E-state index contributed by atoms with van der Waals surface area (Å²) in [7, 11) is 0. The number of halogens is 7. The standard InChI is InChI=1S/C38H34F7N9O2S/c1-18(27-31(47)50-9-8-49-27)54-12-13-55-29-24-28(26(40)23(25(29)38(43,44)45)19-2-3-21(39)30-22(19)20(14-46)32(48)57-30)51-34(52-33(24)54)56-17-35(4-5-35)16-53-10-6-36(7-11-53)15-37(36,41)42/h2-3,8-9,18H,4-7,10-13,15-17,48H2,1H3,(H2,47,50)/t18-/m1/s1. The Bertz CT molecular complexity index is 2510. The van der Waals surface area contributed by atoms with Crippen LogP contribution in [0.3, 0.4) is 0 Å². The van der Waals surface area contributed by atoms with Crippen LogP contribution in [-0.2, 0) is 6.18 Å². The number of thiophene rings is 1. The largest absolute Gasteiger partial charge is 0.490 e. The third kappa shape index (κ3) is 6.01. The fourth-order valence-electron chi connectivity index (χ4n) is 8.55. The Morgan fingerprint density at radius 2 is 1.75 bits per heavy atom. The molecule has 5 aromatic rings. The molecular formula is C38H34F7N9O2S. The molecule has 2 aliphatic heterocycles. The summed E-state index contributed by atoms with van der Waals surface area (Å²) in [4.78, 5) is 21.2. The van der Waals surface area contributed by atoms with Gasteiger partial charge in [-0.3, -0.25) is 4.98 Å². The molecule has 2 saturated carbocycles. The van der Waals surface area contributed by atoms with Gasteiger partial charge in [0.25, 0.3) is 5.92 Å². The average Bonchev–Trinajstić information content (AvgIpc) is 4.02. The molecule has 0 unspecified atom stereocenters. The average molecular weight is 814 g/mol. The van der Waals surface area contributed by atoms with Gasteiger partial charge in [0.05, 0.1) is 34.8 Å². The lowest BCUT2D eigenvalue weighted by atomic mass is 9.91. The van der Waals surface area contributed by atoms with Crippen LogP contribution in [0.4, 0.5) is 47.4 Å². The van der Waals surface area contributed by atoms with E-state index in [0.29, 0.717) is 43.8 Å². The maximum Gasteiger partial charge on any atom is 0.420 e. The first-order valence-corrected chi connectivity index (χ1v) is 19.1. The Morgan fingerprint density at radius 1 is 1.04 bits per heavy atom. The minimum atomic E-state index is -5.25. The molecule has 298 valence electrons. The molecule has 0 bridgehead atoms. The second kappa shape index (κ2) is 12.9. The number of ether oxygens (including phenoxy) is 2. The van der Waals surface area contributed by atoms with E-state index in [1.165, 1.54) is 12.4 Å². The van der Waals surface area contributed by atoms with Crippen molar-refractivity contribution in [3.05, 3.63) is 53.0 Å². The van der Waals surface area contributed by atoms with Crippen molar-refractivity contribution in [1.82, 2.24) is 24.8 Å². The van der Waals surface area contributed by atoms with Gasteiger partial charge in [0, 0.05) is 47.1 Å². The highest BCUT2D eigenvalue weighted by Gasteiger charge is 2.70. The lowest BCUT2D eigenvalue weighted by molar-refractivity contribution is -0.138. The molecule has 1 saturated heterocycles. The third-order valence-corrected chi connectivity index (χ3v) is 13.0. The molecule has 0 radical (unpaired) electrons. The van der Waals surface area contributed by atoms with Gasteiger partial charge >= 0.3 is 12.2 Å². The van der Waals surface area contributed by atoms with E-state index < -0.39 is 68.5 Å². The Balaban J connectivity index is 1.19. The number of anilines is 3. The minimum absolute atomic E-state index is 0.0584. The van der Waals surface area contributed by atoms with Gasteiger partial charge in [-0.05, 0) is 57.3 Å². The SMILES string of the molecule is C[C@H](c1nccnc1N)N1CCOc2c(C(F)(F)F)c(-c3ccc(F)c4sc(N)c(C#N)c34)c(F)c3nc(OCC4(CN5CCC6(CC5)CC6(F)F)CC4)nc1c23. The summed E-state index contributed by atoms with van der Waals surface area (Å²) in [6, 6.07) is 2.59. The number of likely N-dealkylation sites (tertiary alicyclic amines) is 1. The first-order valence-electron chi connectivity index (χ1n) is 18.3. The van der Waals surface area contributed by atoms with Crippen molar-refractivity contribution in [1.29, 1.82) is 5.26 Å². The number of nitrogen functional groups attached to an aromatic ring is 2. The number of fused-ring (bicyclic) bond motifs is 1. The maximum absolute atomic E-state index is 17.5. The fraction of sp³-hybridized carbons (Fsp3) is 0.447. The van der Waals surface area contributed by atoms with Gasteiger partial charge in [-0.2, -0.15) is 28.4 Å². The van der Waals surface area contributed by atoms with Gasteiger partial charge in [0.15, 0.2) is 5.82 Å². The first kappa shape index (κ1) is 37.4. The number of aromatic nitrogens is 4. The quantitative estimate of drug-likeness (QED) is 0.147. The summed E-state index contributed by atoms with van der Waals surface area (Å²) in [6.45, 7) is 2.97. The molecular weight excluding hydrogens is 780 g/mol. The van der Waals surface area contributed by atoms with Gasteiger partial charge in [-0.1, -0.05) is 6.07 Å². The predicted molar refractivity (Wildman–Crippen MR) is 197 cm³/mol. The molecule has 3 fully saturated rings. The van der Waals surface area contributed by atoms with E-state index in [1.807, 2.05) is 6.07 Å². The molecule has 9 rings (SSSR count). The normalized spacial score (nSPS) is 19.9. The zero-order chi connectivity index (χ0) is 40.2. The molecule has 1 atom stereocenters. The van der Waals surface area contributed by atoms with Crippen molar-refractivity contribution in [3.8, 4) is 29.0 Å². The van der Waals surface area contributed by atoms with Gasteiger partial charge in [-0.15, -0.1) is 11.3 Å². The molecule has 4 aliphatic rings. The van der Waals surface area contributed by atoms with Gasteiger partial charge in [0.1, 0.15) is 57.7 Å². The van der Waals surface area contributed by atoms with Crippen LogP contribution in [0.5, 0.6) is 11.8 Å². The Morgan fingerprint density at radius 3 is 2.40 bits per heavy atom. The minimum Gasteiger partial charge on any atom is -0.490 e. The smallest absolute Gasteiger partial charge is 0.420 e. The molecule has 5 heterocycles. The highest BCUT2D eigenvalue weighted by molar-refractivity contribution is 7.23. The first-order chi connectivity index (χ1) is 27.1. The zero-order valence-corrected chi connectivity index (χ0v) is 31.1. The second-order valence-corrected chi connectivity index (χ2v) is 16.5. The topological polar surface area (TPSA) is 152 Å². The van der Waals surface area contributed by atoms with E-state index in [2.05, 4.69) is 24.8 Å². The summed E-state index contributed by atoms with van der Waals surface area (Å²) < 4.78 is 119. The molecule has 19 heteroatoms.